The third kappa shape index (κ3) is 6.25. The lowest BCUT2D eigenvalue weighted by Crippen LogP contribution is -2.38. The predicted octanol–water partition coefficient (Wildman–Crippen LogP) is 1.91. The van der Waals surface area contributed by atoms with E-state index in [2.05, 4.69) is 5.32 Å². The van der Waals surface area contributed by atoms with Crippen molar-refractivity contribution in [3.8, 4) is 5.75 Å². The molecule has 1 amide bonds. The number of rotatable bonds is 9. The van der Waals surface area contributed by atoms with Crippen LogP contribution in [0.2, 0.25) is 0 Å². The summed E-state index contributed by atoms with van der Waals surface area (Å²) in [4.78, 5) is 13.5. The van der Waals surface area contributed by atoms with Crippen LogP contribution < -0.4 is 10.1 Å². The lowest BCUT2D eigenvalue weighted by Gasteiger charge is -2.18. The molecule has 1 aromatic rings. The van der Waals surface area contributed by atoms with E-state index in [4.69, 9.17) is 4.74 Å². The van der Waals surface area contributed by atoms with Gasteiger partial charge in [-0.3, -0.25) is 4.79 Å². The Morgan fingerprint density at radius 1 is 1.21 bits per heavy atom. The number of benzene rings is 1. The summed E-state index contributed by atoms with van der Waals surface area (Å²) in [6.07, 6.45) is 0.889. The van der Waals surface area contributed by atoms with Crippen molar-refractivity contribution in [3.63, 3.8) is 0 Å². The van der Waals surface area contributed by atoms with E-state index in [1.807, 2.05) is 49.1 Å². The number of carbonyl (C=O) groups is 1. The molecule has 0 aliphatic rings. The number of nitrogens with zero attached hydrogens (tertiary/aromatic N) is 1. The van der Waals surface area contributed by atoms with Gasteiger partial charge in [-0.2, -0.15) is 0 Å². The van der Waals surface area contributed by atoms with Crippen LogP contribution in [0.3, 0.4) is 0 Å². The van der Waals surface area contributed by atoms with Crippen molar-refractivity contribution in [2.24, 2.45) is 0 Å². The first-order valence-electron chi connectivity index (χ1n) is 6.94. The van der Waals surface area contributed by atoms with E-state index in [-0.39, 0.29) is 5.91 Å². The van der Waals surface area contributed by atoms with Crippen LogP contribution in [0.4, 0.5) is 0 Å². The van der Waals surface area contributed by atoms with Crippen LogP contribution in [-0.2, 0) is 4.79 Å². The van der Waals surface area contributed by atoms with Crippen molar-refractivity contribution < 1.29 is 9.53 Å². The zero-order valence-electron chi connectivity index (χ0n) is 11.9. The fourth-order valence-electron chi connectivity index (χ4n) is 1.79. The van der Waals surface area contributed by atoms with Gasteiger partial charge in [0.15, 0.2) is 0 Å². The number of hydrogen-bond acceptors (Lipinski definition) is 3. The second-order valence-electron chi connectivity index (χ2n) is 4.26. The van der Waals surface area contributed by atoms with Gasteiger partial charge in [0.2, 0.25) is 5.91 Å². The molecule has 0 aliphatic carbocycles. The highest BCUT2D eigenvalue weighted by Gasteiger charge is 2.07. The van der Waals surface area contributed by atoms with Crippen molar-refractivity contribution in [3.05, 3.63) is 30.3 Å². The highest BCUT2D eigenvalue weighted by molar-refractivity contribution is 5.78. The molecule has 0 saturated heterocycles. The third-order valence-corrected chi connectivity index (χ3v) is 2.90. The van der Waals surface area contributed by atoms with Crippen molar-refractivity contribution in [2.45, 2.75) is 20.3 Å². The largest absolute Gasteiger partial charge is 0.494 e. The van der Waals surface area contributed by atoms with Crippen LogP contribution in [-0.4, -0.2) is 43.6 Å². The highest BCUT2D eigenvalue weighted by Crippen LogP contribution is 2.07. The van der Waals surface area contributed by atoms with Crippen molar-refractivity contribution in [2.75, 3.05) is 32.8 Å². The highest BCUT2D eigenvalue weighted by atomic mass is 16.5. The number of ether oxygens (including phenoxy) is 1. The molecule has 0 aliphatic heterocycles. The van der Waals surface area contributed by atoms with Gasteiger partial charge in [0.25, 0.3) is 0 Å². The predicted molar refractivity (Wildman–Crippen MR) is 77.4 cm³/mol. The van der Waals surface area contributed by atoms with Crippen LogP contribution in [0.25, 0.3) is 0 Å². The Labute approximate surface area is 115 Å². The van der Waals surface area contributed by atoms with Gasteiger partial charge in [-0.25, -0.2) is 0 Å². The molecule has 0 atom stereocenters. The van der Waals surface area contributed by atoms with Gasteiger partial charge >= 0.3 is 0 Å². The topological polar surface area (TPSA) is 41.6 Å². The molecule has 0 fully saturated rings. The minimum atomic E-state index is 0.161. The molecule has 0 unspecified atom stereocenters. The Hall–Kier alpha value is -1.55. The van der Waals surface area contributed by atoms with Crippen molar-refractivity contribution >= 4 is 5.91 Å². The first-order valence-corrected chi connectivity index (χ1v) is 6.94. The Morgan fingerprint density at radius 2 is 1.89 bits per heavy atom. The number of para-hydroxylation sites is 1. The molecule has 0 heterocycles. The van der Waals surface area contributed by atoms with Gasteiger partial charge < -0.3 is 15.0 Å². The number of amides is 1. The molecule has 0 spiro atoms. The maximum absolute atomic E-state index is 11.7. The fourth-order valence-corrected chi connectivity index (χ4v) is 1.79. The standard InChI is InChI=1S/C15H24N2O2/c1-3-17(4-2)15(18)13-16-11-8-12-19-14-9-6-5-7-10-14/h5-7,9-10,16H,3-4,8,11-13H2,1-2H3. The van der Waals surface area contributed by atoms with Crippen LogP contribution in [0, 0.1) is 0 Å². The molecule has 1 aromatic carbocycles. The third-order valence-electron chi connectivity index (χ3n) is 2.90. The Kier molecular flexibility index (Phi) is 7.66. The molecule has 1 rings (SSSR count). The average Bonchev–Trinajstić information content (AvgIpc) is 2.45. The molecular weight excluding hydrogens is 240 g/mol. The summed E-state index contributed by atoms with van der Waals surface area (Å²) in [6.45, 7) is 7.40. The SMILES string of the molecule is CCN(CC)C(=O)CNCCCOc1ccccc1. The molecule has 19 heavy (non-hydrogen) atoms. The van der Waals surface area contributed by atoms with Crippen molar-refractivity contribution in [1.29, 1.82) is 0 Å². The maximum atomic E-state index is 11.7. The summed E-state index contributed by atoms with van der Waals surface area (Å²) < 4.78 is 5.57. The van der Waals surface area contributed by atoms with Crippen LogP contribution in [0.1, 0.15) is 20.3 Å². The van der Waals surface area contributed by atoms with E-state index in [0.29, 0.717) is 13.2 Å². The smallest absolute Gasteiger partial charge is 0.236 e. The molecule has 106 valence electrons. The Morgan fingerprint density at radius 3 is 2.53 bits per heavy atom. The fraction of sp³-hybridized carbons (Fsp3) is 0.533. The summed E-state index contributed by atoms with van der Waals surface area (Å²) in [6, 6.07) is 9.76. The zero-order chi connectivity index (χ0) is 13.9. The summed E-state index contributed by atoms with van der Waals surface area (Å²) in [7, 11) is 0. The first-order chi connectivity index (χ1) is 9.27. The van der Waals surface area contributed by atoms with Gasteiger partial charge in [0, 0.05) is 13.1 Å². The van der Waals surface area contributed by atoms with E-state index in [9.17, 15) is 4.79 Å². The number of nitrogens with one attached hydrogen (secondary N) is 1. The van der Waals surface area contributed by atoms with Gasteiger partial charge in [0.05, 0.1) is 13.2 Å². The van der Waals surface area contributed by atoms with E-state index < -0.39 is 0 Å². The molecule has 0 bridgehead atoms. The molecule has 4 heteroatoms. The lowest BCUT2D eigenvalue weighted by molar-refractivity contribution is -0.129. The molecule has 4 nitrogen and oxygen atoms in total. The summed E-state index contributed by atoms with van der Waals surface area (Å²) in [5.41, 5.74) is 0. The van der Waals surface area contributed by atoms with Crippen LogP contribution in [0.5, 0.6) is 5.75 Å². The van der Waals surface area contributed by atoms with Crippen LogP contribution >= 0.6 is 0 Å². The van der Waals surface area contributed by atoms with Gasteiger partial charge in [-0.05, 0) is 38.9 Å². The number of likely N-dealkylation sites (N-methyl/N-ethyl adjacent to an activating group) is 1. The lowest BCUT2D eigenvalue weighted by atomic mass is 10.3. The monoisotopic (exact) mass is 264 g/mol. The number of carbonyl (C=O) groups excluding carboxylic acids is 1. The summed E-state index contributed by atoms with van der Waals surface area (Å²) in [5, 5.41) is 3.15. The maximum Gasteiger partial charge on any atom is 0.236 e. The Balaban J connectivity index is 2.04. The van der Waals surface area contributed by atoms with Gasteiger partial charge in [-0.15, -0.1) is 0 Å². The second kappa shape index (κ2) is 9.39. The molecule has 0 saturated carbocycles. The minimum absolute atomic E-state index is 0.161. The number of hydrogen-bond donors (Lipinski definition) is 1. The molecule has 1 N–H and O–H groups in total. The zero-order valence-corrected chi connectivity index (χ0v) is 11.9. The molecule has 0 aromatic heterocycles. The van der Waals surface area contributed by atoms with E-state index in [1.165, 1.54) is 0 Å². The summed E-state index contributed by atoms with van der Waals surface area (Å²) >= 11 is 0. The van der Waals surface area contributed by atoms with Crippen LogP contribution in [0.15, 0.2) is 30.3 Å². The van der Waals surface area contributed by atoms with E-state index >= 15 is 0 Å². The Bertz CT molecular complexity index is 350. The van der Waals surface area contributed by atoms with E-state index in [1.54, 1.807) is 0 Å². The normalized spacial score (nSPS) is 10.2. The molecule has 0 radical (unpaired) electrons. The summed E-state index contributed by atoms with van der Waals surface area (Å²) in [5.74, 6) is 1.05. The van der Waals surface area contributed by atoms with Crippen molar-refractivity contribution in [1.82, 2.24) is 10.2 Å². The first kappa shape index (κ1) is 15.5. The minimum Gasteiger partial charge on any atom is -0.494 e. The second-order valence-corrected chi connectivity index (χ2v) is 4.26. The quantitative estimate of drug-likeness (QED) is 0.693. The molecular formula is C15H24N2O2. The average molecular weight is 264 g/mol. The van der Waals surface area contributed by atoms with Gasteiger partial charge in [0.1, 0.15) is 5.75 Å². The van der Waals surface area contributed by atoms with Gasteiger partial charge in [-0.1, -0.05) is 18.2 Å². The van der Waals surface area contributed by atoms with E-state index in [0.717, 1.165) is 31.8 Å².